The lowest BCUT2D eigenvalue weighted by Crippen LogP contribution is -2.48. The Bertz CT molecular complexity index is 282. The van der Waals surface area contributed by atoms with Crippen molar-refractivity contribution in [2.75, 3.05) is 41.3 Å². The van der Waals surface area contributed by atoms with E-state index < -0.39 is 12.0 Å². The predicted molar refractivity (Wildman–Crippen MR) is 70.7 cm³/mol. The lowest BCUT2D eigenvalue weighted by atomic mass is 10.2. The monoisotopic (exact) mass is 259 g/mol. The third-order valence-electron chi connectivity index (χ3n) is 2.87. The van der Waals surface area contributed by atoms with E-state index in [1.165, 1.54) is 11.9 Å². The van der Waals surface area contributed by atoms with E-state index in [1.807, 2.05) is 19.0 Å². The van der Waals surface area contributed by atoms with E-state index in [0.29, 0.717) is 13.0 Å². The van der Waals surface area contributed by atoms with Gasteiger partial charge in [0.2, 0.25) is 0 Å². The third kappa shape index (κ3) is 5.35. The first-order chi connectivity index (χ1) is 8.31. The summed E-state index contributed by atoms with van der Waals surface area (Å²) in [6.07, 6.45) is 1.27. The molecule has 0 saturated carbocycles. The summed E-state index contributed by atoms with van der Waals surface area (Å²) in [6, 6.07) is -1.00. The van der Waals surface area contributed by atoms with Crippen molar-refractivity contribution in [3.05, 3.63) is 0 Å². The highest BCUT2D eigenvalue weighted by atomic mass is 16.4. The van der Waals surface area contributed by atoms with Crippen molar-refractivity contribution in [3.63, 3.8) is 0 Å². The van der Waals surface area contributed by atoms with Gasteiger partial charge in [0.1, 0.15) is 6.04 Å². The van der Waals surface area contributed by atoms with E-state index in [0.717, 1.165) is 13.0 Å². The van der Waals surface area contributed by atoms with Gasteiger partial charge >= 0.3 is 12.0 Å². The topological polar surface area (TPSA) is 64.1 Å². The fourth-order valence-electron chi connectivity index (χ4n) is 1.74. The predicted octanol–water partition coefficient (Wildman–Crippen LogP) is 0.785. The number of amides is 2. The van der Waals surface area contributed by atoms with Crippen LogP contribution in [0.3, 0.4) is 0 Å². The molecular formula is C12H25N3O3. The number of urea groups is 1. The molecule has 0 rings (SSSR count). The Kier molecular flexibility index (Phi) is 7.35. The molecule has 0 spiro atoms. The zero-order valence-corrected chi connectivity index (χ0v) is 12.0. The summed E-state index contributed by atoms with van der Waals surface area (Å²) < 4.78 is 0. The fraction of sp³-hybridized carbons (Fsp3) is 0.833. The summed E-state index contributed by atoms with van der Waals surface area (Å²) in [5.41, 5.74) is 0. The molecule has 0 saturated heterocycles. The SMILES string of the molecule is CCC(C(=O)O)N(C)C(=O)N(C)CCCN(C)C. The average molecular weight is 259 g/mol. The van der Waals surface area contributed by atoms with Gasteiger partial charge in [0.25, 0.3) is 0 Å². The molecule has 0 fully saturated rings. The van der Waals surface area contributed by atoms with Crippen LogP contribution >= 0.6 is 0 Å². The van der Waals surface area contributed by atoms with Crippen molar-refractivity contribution in [2.24, 2.45) is 0 Å². The first kappa shape index (κ1) is 16.7. The maximum absolute atomic E-state index is 12.0. The van der Waals surface area contributed by atoms with Crippen LogP contribution < -0.4 is 0 Å². The van der Waals surface area contributed by atoms with Gasteiger partial charge in [0, 0.05) is 20.6 Å². The summed E-state index contributed by atoms with van der Waals surface area (Å²) in [7, 11) is 7.19. The van der Waals surface area contributed by atoms with Crippen LogP contribution in [-0.2, 0) is 4.79 Å². The smallest absolute Gasteiger partial charge is 0.326 e. The maximum atomic E-state index is 12.0. The van der Waals surface area contributed by atoms with E-state index >= 15 is 0 Å². The lowest BCUT2D eigenvalue weighted by Gasteiger charge is -2.29. The molecule has 0 aliphatic carbocycles. The van der Waals surface area contributed by atoms with Gasteiger partial charge in [-0.1, -0.05) is 6.92 Å². The number of rotatable bonds is 7. The first-order valence-electron chi connectivity index (χ1n) is 6.16. The fourth-order valence-corrected chi connectivity index (χ4v) is 1.74. The number of nitrogens with zero attached hydrogens (tertiary/aromatic N) is 3. The number of hydrogen-bond acceptors (Lipinski definition) is 3. The van der Waals surface area contributed by atoms with E-state index in [2.05, 4.69) is 0 Å². The molecule has 1 atom stereocenters. The number of carbonyl (C=O) groups is 2. The standard InChI is InChI=1S/C12H25N3O3/c1-6-10(11(16)17)15(5)12(18)14(4)9-7-8-13(2)3/h10H,6-9H2,1-5H3,(H,16,17). The first-order valence-corrected chi connectivity index (χ1v) is 6.16. The highest BCUT2D eigenvalue weighted by molar-refractivity contribution is 5.82. The Hall–Kier alpha value is -1.30. The van der Waals surface area contributed by atoms with Crippen LogP contribution in [0, 0.1) is 0 Å². The number of likely N-dealkylation sites (N-methyl/N-ethyl adjacent to an activating group) is 1. The second-order valence-electron chi connectivity index (χ2n) is 4.73. The van der Waals surface area contributed by atoms with Crippen LogP contribution in [0.2, 0.25) is 0 Å². The Morgan fingerprint density at radius 3 is 2.06 bits per heavy atom. The second-order valence-corrected chi connectivity index (χ2v) is 4.73. The van der Waals surface area contributed by atoms with Gasteiger partial charge in [-0.2, -0.15) is 0 Å². The highest BCUT2D eigenvalue weighted by Crippen LogP contribution is 2.06. The minimum absolute atomic E-state index is 0.247. The van der Waals surface area contributed by atoms with Gasteiger partial charge in [-0.3, -0.25) is 0 Å². The Morgan fingerprint density at radius 1 is 1.11 bits per heavy atom. The van der Waals surface area contributed by atoms with Gasteiger partial charge in [0.15, 0.2) is 0 Å². The number of carboxylic acids is 1. The number of carboxylic acid groups (broad SMARTS) is 1. The lowest BCUT2D eigenvalue weighted by molar-refractivity contribution is -0.142. The molecule has 1 N–H and O–H groups in total. The van der Waals surface area contributed by atoms with Crippen LogP contribution in [0.15, 0.2) is 0 Å². The van der Waals surface area contributed by atoms with E-state index in [9.17, 15) is 9.59 Å². The van der Waals surface area contributed by atoms with Crippen molar-refractivity contribution in [3.8, 4) is 0 Å². The minimum Gasteiger partial charge on any atom is -0.480 e. The molecule has 6 nitrogen and oxygen atoms in total. The van der Waals surface area contributed by atoms with Crippen LogP contribution in [0.4, 0.5) is 4.79 Å². The number of aliphatic carboxylic acids is 1. The van der Waals surface area contributed by atoms with Crippen molar-refractivity contribution < 1.29 is 14.7 Å². The quantitative estimate of drug-likeness (QED) is 0.734. The van der Waals surface area contributed by atoms with Gasteiger partial charge in [0.05, 0.1) is 0 Å². The molecule has 6 heteroatoms. The van der Waals surface area contributed by atoms with Crippen molar-refractivity contribution in [1.29, 1.82) is 0 Å². The zero-order valence-electron chi connectivity index (χ0n) is 12.0. The van der Waals surface area contributed by atoms with Crippen LogP contribution in [0.25, 0.3) is 0 Å². The van der Waals surface area contributed by atoms with Gasteiger partial charge in [-0.05, 0) is 33.5 Å². The Balaban J connectivity index is 4.31. The molecule has 0 aromatic heterocycles. The van der Waals surface area contributed by atoms with Crippen LogP contribution in [0.1, 0.15) is 19.8 Å². The molecule has 0 aromatic rings. The Morgan fingerprint density at radius 2 is 1.67 bits per heavy atom. The van der Waals surface area contributed by atoms with Gasteiger partial charge in [-0.15, -0.1) is 0 Å². The molecule has 0 aliphatic rings. The molecule has 2 amide bonds. The Labute approximate surface area is 109 Å². The number of carbonyl (C=O) groups excluding carboxylic acids is 1. The maximum Gasteiger partial charge on any atom is 0.326 e. The number of hydrogen-bond donors (Lipinski definition) is 1. The molecule has 0 aliphatic heterocycles. The molecular weight excluding hydrogens is 234 g/mol. The summed E-state index contributed by atoms with van der Waals surface area (Å²) in [6.45, 7) is 3.28. The zero-order chi connectivity index (χ0) is 14.3. The highest BCUT2D eigenvalue weighted by Gasteiger charge is 2.26. The molecule has 1 unspecified atom stereocenters. The molecule has 0 aromatic carbocycles. The molecule has 106 valence electrons. The van der Waals surface area contributed by atoms with E-state index in [1.54, 1.807) is 18.9 Å². The molecule has 0 radical (unpaired) electrons. The largest absolute Gasteiger partial charge is 0.480 e. The van der Waals surface area contributed by atoms with Crippen molar-refractivity contribution >= 4 is 12.0 Å². The van der Waals surface area contributed by atoms with Gasteiger partial charge < -0.3 is 19.8 Å². The van der Waals surface area contributed by atoms with Gasteiger partial charge in [-0.25, -0.2) is 9.59 Å². The minimum atomic E-state index is -0.963. The van der Waals surface area contributed by atoms with Crippen LogP contribution in [0.5, 0.6) is 0 Å². The van der Waals surface area contributed by atoms with Crippen molar-refractivity contribution in [2.45, 2.75) is 25.8 Å². The summed E-state index contributed by atoms with van der Waals surface area (Å²) in [5, 5.41) is 9.00. The molecule has 0 heterocycles. The average Bonchev–Trinajstić information content (AvgIpc) is 2.27. The molecule has 18 heavy (non-hydrogen) atoms. The summed E-state index contributed by atoms with van der Waals surface area (Å²) >= 11 is 0. The summed E-state index contributed by atoms with van der Waals surface area (Å²) in [5.74, 6) is -0.963. The normalized spacial score (nSPS) is 12.3. The van der Waals surface area contributed by atoms with E-state index in [-0.39, 0.29) is 6.03 Å². The van der Waals surface area contributed by atoms with Crippen molar-refractivity contribution in [1.82, 2.24) is 14.7 Å². The molecule has 0 bridgehead atoms. The summed E-state index contributed by atoms with van der Waals surface area (Å²) in [4.78, 5) is 27.9. The third-order valence-corrected chi connectivity index (χ3v) is 2.87. The second kappa shape index (κ2) is 7.92. The van der Waals surface area contributed by atoms with Crippen LogP contribution in [-0.4, -0.2) is 79.1 Å². The van der Waals surface area contributed by atoms with E-state index in [4.69, 9.17) is 5.11 Å².